The van der Waals surface area contributed by atoms with Gasteiger partial charge >= 0.3 is 0 Å². The average molecular weight is 143 g/mol. The van der Waals surface area contributed by atoms with Crippen LogP contribution in [0, 0.1) is 0 Å². The summed E-state index contributed by atoms with van der Waals surface area (Å²) in [5, 5.41) is 0. The highest BCUT2D eigenvalue weighted by atomic mass is 32.1. The first-order valence-electron chi connectivity index (χ1n) is 2.80. The number of aromatic nitrogens is 1. The number of hydrogen-bond donors (Lipinski definition) is 0. The first-order chi connectivity index (χ1) is 4.43. The lowest BCUT2D eigenvalue weighted by molar-refractivity contribution is 0.203. The molecule has 1 rings (SSSR count). The zero-order chi connectivity index (χ0) is 6.53. The summed E-state index contributed by atoms with van der Waals surface area (Å²) in [6.45, 7) is 0.794. The van der Waals surface area contributed by atoms with E-state index in [9.17, 15) is 0 Å². The molecule has 50 valence electrons. The Hall–Kier alpha value is -0.410. The van der Waals surface area contributed by atoms with Crippen LogP contribution in [0.3, 0.4) is 0 Å². The number of thiazole rings is 1. The van der Waals surface area contributed by atoms with E-state index >= 15 is 0 Å². The third-order valence-corrected chi connectivity index (χ3v) is 1.88. The minimum atomic E-state index is 0.794. The van der Waals surface area contributed by atoms with Crippen LogP contribution in [0.1, 0.15) is 4.88 Å². The minimum absolute atomic E-state index is 0.794. The fraction of sp³-hybridized carbons (Fsp3) is 0.500. The molecule has 0 aliphatic rings. The van der Waals surface area contributed by atoms with Gasteiger partial charge in [-0.1, -0.05) is 0 Å². The third kappa shape index (κ3) is 2.11. The fourth-order valence-corrected chi connectivity index (χ4v) is 1.15. The highest BCUT2D eigenvalue weighted by molar-refractivity contribution is 7.09. The Balaban J connectivity index is 2.30. The molecular weight excluding hydrogens is 134 g/mol. The van der Waals surface area contributed by atoms with Crippen LogP contribution >= 0.6 is 11.3 Å². The van der Waals surface area contributed by atoms with Crippen LogP contribution in [0.25, 0.3) is 0 Å². The van der Waals surface area contributed by atoms with Gasteiger partial charge in [-0.05, 0) is 0 Å². The maximum atomic E-state index is 4.89. The molecule has 9 heavy (non-hydrogen) atoms. The number of methoxy groups -OCH3 is 1. The maximum absolute atomic E-state index is 4.89. The molecule has 1 heterocycles. The molecular formula is C6H9NOS. The van der Waals surface area contributed by atoms with E-state index in [0.29, 0.717) is 0 Å². The molecule has 0 N–H and O–H groups in total. The molecule has 0 aliphatic heterocycles. The molecule has 2 nitrogen and oxygen atoms in total. The summed E-state index contributed by atoms with van der Waals surface area (Å²) in [6.07, 6.45) is 2.87. The van der Waals surface area contributed by atoms with Crippen LogP contribution < -0.4 is 0 Å². The average Bonchev–Trinajstić information content (AvgIpc) is 2.34. The van der Waals surface area contributed by atoms with E-state index in [4.69, 9.17) is 4.74 Å². The first kappa shape index (κ1) is 6.71. The van der Waals surface area contributed by atoms with E-state index < -0.39 is 0 Å². The van der Waals surface area contributed by atoms with Gasteiger partial charge in [-0.2, -0.15) is 0 Å². The summed E-state index contributed by atoms with van der Waals surface area (Å²) in [5.41, 5.74) is 1.84. The van der Waals surface area contributed by atoms with Gasteiger partial charge in [-0.25, -0.2) is 0 Å². The van der Waals surface area contributed by atoms with Gasteiger partial charge < -0.3 is 4.74 Å². The third-order valence-electron chi connectivity index (χ3n) is 1.04. The topological polar surface area (TPSA) is 22.1 Å². The predicted molar refractivity (Wildman–Crippen MR) is 37.7 cm³/mol. The predicted octanol–water partition coefficient (Wildman–Crippen LogP) is 1.33. The normalized spacial score (nSPS) is 9.89. The summed E-state index contributed by atoms with van der Waals surface area (Å²) in [4.78, 5) is 5.23. The maximum Gasteiger partial charge on any atom is 0.0794 e. The fourth-order valence-electron chi connectivity index (χ4n) is 0.568. The van der Waals surface area contributed by atoms with Crippen molar-refractivity contribution < 1.29 is 4.74 Å². The lowest BCUT2D eigenvalue weighted by atomic mass is 10.4. The molecule has 0 bridgehead atoms. The van der Waals surface area contributed by atoms with Crippen molar-refractivity contribution in [2.75, 3.05) is 13.7 Å². The zero-order valence-electron chi connectivity index (χ0n) is 5.33. The quantitative estimate of drug-likeness (QED) is 0.637. The smallest absolute Gasteiger partial charge is 0.0794 e. The van der Waals surface area contributed by atoms with Crippen LogP contribution in [-0.2, 0) is 11.2 Å². The van der Waals surface area contributed by atoms with Crippen LogP contribution in [0.4, 0.5) is 0 Å². The molecule has 0 unspecified atom stereocenters. The standard InChI is InChI=1S/C6H9NOS/c1-8-3-2-6-4-7-5-9-6/h4-5H,2-3H2,1H3. The van der Waals surface area contributed by atoms with Crippen molar-refractivity contribution in [3.05, 3.63) is 16.6 Å². The Morgan fingerprint density at radius 3 is 3.22 bits per heavy atom. The van der Waals surface area contributed by atoms with Gasteiger partial charge in [0, 0.05) is 24.6 Å². The number of ether oxygens (including phenoxy) is 1. The Kier molecular flexibility index (Phi) is 2.67. The summed E-state index contributed by atoms with van der Waals surface area (Å²) >= 11 is 1.67. The van der Waals surface area contributed by atoms with E-state index in [0.717, 1.165) is 13.0 Å². The lowest BCUT2D eigenvalue weighted by Gasteiger charge is -1.91. The van der Waals surface area contributed by atoms with Gasteiger partial charge in [0.2, 0.25) is 0 Å². The van der Waals surface area contributed by atoms with Crippen molar-refractivity contribution in [1.82, 2.24) is 4.98 Å². The SMILES string of the molecule is COCCc1cncs1. The van der Waals surface area contributed by atoms with Crippen LogP contribution in [0.2, 0.25) is 0 Å². The van der Waals surface area contributed by atoms with Gasteiger partial charge in [0.15, 0.2) is 0 Å². The van der Waals surface area contributed by atoms with Gasteiger partial charge in [-0.3, -0.25) is 4.98 Å². The van der Waals surface area contributed by atoms with E-state index in [-0.39, 0.29) is 0 Å². The Bertz CT molecular complexity index is 150. The Morgan fingerprint density at radius 2 is 2.67 bits per heavy atom. The van der Waals surface area contributed by atoms with Gasteiger partial charge in [-0.15, -0.1) is 11.3 Å². The lowest BCUT2D eigenvalue weighted by Crippen LogP contribution is -1.90. The summed E-state index contributed by atoms with van der Waals surface area (Å²) < 4.78 is 4.89. The molecule has 3 heteroatoms. The Morgan fingerprint density at radius 1 is 1.78 bits per heavy atom. The zero-order valence-corrected chi connectivity index (χ0v) is 6.15. The minimum Gasteiger partial charge on any atom is -0.384 e. The first-order valence-corrected chi connectivity index (χ1v) is 3.68. The second kappa shape index (κ2) is 3.58. The van der Waals surface area contributed by atoms with Crippen molar-refractivity contribution in [2.24, 2.45) is 0 Å². The number of rotatable bonds is 3. The van der Waals surface area contributed by atoms with Crippen LogP contribution in [0.5, 0.6) is 0 Å². The van der Waals surface area contributed by atoms with Gasteiger partial charge in [0.1, 0.15) is 0 Å². The molecule has 0 aromatic carbocycles. The van der Waals surface area contributed by atoms with Crippen molar-refractivity contribution in [3.63, 3.8) is 0 Å². The summed E-state index contributed by atoms with van der Waals surface area (Å²) in [5.74, 6) is 0. The molecule has 0 amide bonds. The summed E-state index contributed by atoms with van der Waals surface area (Å²) in [6, 6.07) is 0. The molecule has 1 aromatic rings. The molecule has 0 radical (unpaired) electrons. The highest BCUT2D eigenvalue weighted by Gasteiger charge is 1.91. The molecule has 0 atom stereocenters. The largest absolute Gasteiger partial charge is 0.384 e. The molecule has 1 aromatic heterocycles. The van der Waals surface area contributed by atoms with Gasteiger partial charge in [0.05, 0.1) is 12.1 Å². The number of nitrogens with zero attached hydrogens (tertiary/aromatic N) is 1. The monoisotopic (exact) mass is 143 g/mol. The van der Waals surface area contributed by atoms with E-state index in [1.807, 2.05) is 11.7 Å². The molecule has 0 spiro atoms. The van der Waals surface area contributed by atoms with Crippen molar-refractivity contribution in [2.45, 2.75) is 6.42 Å². The number of hydrogen-bond acceptors (Lipinski definition) is 3. The van der Waals surface area contributed by atoms with Gasteiger partial charge in [0.25, 0.3) is 0 Å². The van der Waals surface area contributed by atoms with E-state index in [1.54, 1.807) is 18.4 Å². The molecule has 0 saturated heterocycles. The molecule has 0 fully saturated rings. The molecule has 0 saturated carbocycles. The van der Waals surface area contributed by atoms with Crippen molar-refractivity contribution >= 4 is 11.3 Å². The van der Waals surface area contributed by atoms with Crippen molar-refractivity contribution in [3.8, 4) is 0 Å². The van der Waals surface area contributed by atoms with E-state index in [2.05, 4.69) is 4.98 Å². The van der Waals surface area contributed by atoms with Crippen LogP contribution in [-0.4, -0.2) is 18.7 Å². The van der Waals surface area contributed by atoms with Crippen molar-refractivity contribution in [1.29, 1.82) is 0 Å². The summed E-state index contributed by atoms with van der Waals surface area (Å²) in [7, 11) is 1.71. The second-order valence-corrected chi connectivity index (χ2v) is 2.68. The molecule has 0 aliphatic carbocycles. The second-order valence-electron chi connectivity index (χ2n) is 1.71. The Labute approximate surface area is 58.5 Å². The van der Waals surface area contributed by atoms with Crippen LogP contribution in [0.15, 0.2) is 11.7 Å². The highest BCUT2D eigenvalue weighted by Crippen LogP contribution is 2.05. The van der Waals surface area contributed by atoms with E-state index in [1.165, 1.54) is 4.88 Å².